The monoisotopic (exact) mass is 506 g/mol. The molecule has 1 amide bonds. The SMILES string of the molecule is Cc1cccc(C(O)C2CCCCN2C(=O)c2cnc(NCCc3ccccc3)nc2-c2ccccc2)c1. The average Bonchev–Trinajstić information content (AvgIpc) is 2.97. The molecule has 2 heterocycles. The van der Waals surface area contributed by atoms with E-state index < -0.39 is 6.10 Å². The number of piperidine rings is 1. The van der Waals surface area contributed by atoms with Crippen LogP contribution in [0.5, 0.6) is 0 Å². The normalized spacial score (nSPS) is 16.2. The Hall–Kier alpha value is -4.03. The number of carbonyl (C=O) groups excluding carboxylic acids is 1. The average molecular weight is 507 g/mol. The molecule has 1 aliphatic heterocycles. The van der Waals surface area contributed by atoms with E-state index in [0.717, 1.165) is 42.4 Å². The zero-order chi connectivity index (χ0) is 26.3. The molecule has 1 saturated heterocycles. The van der Waals surface area contributed by atoms with Gasteiger partial charge < -0.3 is 15.3 Å². The van der Waals surface area contributed by atoms with Gasteiger partial charge in [-0.1, -0.05) is 90.5 Å². The summed E-state index contributed by atoms with van der Waals surface area (Å²) in [7, 11) is 0. The van der Waals surface area contributed by atoms with Crippen molar-refractivity contribution in [3.8, 4) is 11.3 Å². The minimum atomic E-state index is -0.751. The predicted octanol–water partition coefficient (Wildman–Crippen LogP) is 5.83. The minimum absolute atomic E-state index is 0.143. The second kappa shape index (κ2) is 12.0. The summed E-state index contributed by atoms with van der Waals surface area (Å²) in [5, 5.41) is 14.6. The van der Waals surface area contributed by atoms with Crippen LogP contribution in [-0.4, -0.2) is 45.0 Å². The number of likely N-dealkylation sites (tertiary alicyclic amines) is 1. The molecule has 1 aliphatic rings. The number of rotatable bonds is 8. The fourth-order valence-electron chi connectivity index (χ4n) is 5.17. The number of aryl methyl sites for hydroxylation is 1. The number of nitrogens with zero attached hydrogens (tertiary/aromatic N) is 3. The van der Waals surface area contributed by atoms with Crippen LogP contribution in [0.3, 0.4) is 0 Å². The minimum Gasteiger partial charge on any atom is -0.386 e. The van der Waals surface area contributed by atoms with Gasteiger partial charge in [-0.3, -0.25) is 4.79 Å². The highest BCUT2D eigenvalue weighted by molar-refractivity contribution is 6.00. The third-order valence-electron chi connectivity index (χ3n) is 7.16. The van der Waals surface area contributed by atoms with Crippen molar-refractivity contribution in [2.24, 2.45) is 0 Å². The molecule has 3 aromatic carbocycles. The van der Waals surface area contributed by atoms with Crippen LogP contribution in [-0.2, 0) is 6.42 Å². The van der Waals surface area contributed by atoms with Crippen LogP contribution >= 0.6 is 0 Å². The summed E-state index contributed by atoms with van der Waals surface area (Å²) in [5.74, 6) is 0.349. The maximum atomic E-state index is 14.0. The van der Waals surface area contributed by atoms with Crippen molar-refractivity contribution in [3.05, 3.63) is 113 Å². The number of anilines is 1. The third-order valence-corrected chi connectivity index (χ3v) is 7.16. The number of hydrogen-bond acceptors (Lipinski definition) is 5. The fourth-order valence-corrected chi connectivity index (χ4v) is 5.17. The van der Waals surface area contributed by atoms with E-state index in [0.29, 0.717) is 30.3 Å². The van der Waals surface area contributed by atoms with Gasteiger partial charge in [0.2, 0.25) is 5.95 Å². The molecule has 194 valence electrons. The number of carbonyl (C=O) groups is 1. The lowest BCUT2D eigenvalue weighted by Gasteiger charge is -2.39. The molecule has 2 unspecified atom stereocenters. The van der Waals surface area contributed by atoms with Crippen molar-refractivity contribution >= 4 is 11.9 Å². The van der Waals surface area contributed by atoms with Crippen LogP contribution in [0.15, 0.2) is 91.1 Å². The first kappa shape index (κ1) is 25.6. The van der Waals surface area contributed by atoms with E-state index >= 15 is 0 Å². The van der Waals surface area contributed by atoms with E-state index in [1.165, 1.54) is 5.56 Å². The summed E-state index contributed by atoms with van der Waals surface area (Å²) in [6.45, 7) is 3.29. The van der Waals surface area contributed by atoms with E-state index in [2.05, 4.69) is 22.4 Å². The van der Waals surface area contributed by atoms with Gasteiger partial charge >= 0.3 is 0 Å². The van der Waals surface area contributed by atoms with Crippen LogP contribution in [0.25, 0.3) is 11.3 Å². The summed E-state index contributed by atoms with van der Waals surface area (Å²) < 4.78 is 0. The van der Waals surface area contributed by atoms with Gasteiger partial charge in [0.25, 0.3) is 5.91 Å². The molecule has 1 fully saturated rings. The largest absolute Gasteiger partial charge is 0.386 e. The van der Waals surface area contributed by atoms with Crippen LogP contribution < -0.4 is 5.32 Å². The first-order chi connectivity index (χ1) is 18.6. The number of nitrogens with one attached hydrogen (secondary N) is 1. The number of amides is 1. The van der Waals surface area contributed by atoms with Gasteiger partial charge in [-0.15, -0.1) is 0 Å². The van der Waals surface area contributed by atoms with Gasteiger partial charge in [-0.25, -0.2) is 9.97 Å². The highest BCUT2D eigenvalue weighted by Gasteiger charge is 2.34. The predicted molar refractivity (Wildman–Crippen MR) is 151 cm³/mol. The van der Waals surface area contributed by atoms with Gasteiger partial charge in [0.05, 0.1) is 23.4 Å². The zero-order valence-electron chi connectivity index (χ0n) is 21.8. The molecule has 1 aromatic heterocycles. The van der Waals surface area contributed by atoms with E-state index in [1.807, 2.05) is 84.6 Å². The van der Waals surface area contributed by atoms with E-state index in [9.17, 15) is 9.90 Å². The summed E-state index contributed by atoms with van der Waals surface area (Å²) >= 11 is 0. The molecule has 2 atom stereocenters. The molecule has 38 heavy (non-hydrogen) atoms. The van der Waals surface area contributed by atoms with E-state index in [4.69, 9.17) is 4.98 Å². The van der Waals surface area contributed by atoms with Crippen molar-refractivity contribution < 1.29 is 9.90 Å². The third kappa shape index (κ3) is 5.92. The Morgan fingerprint density at radius 3 is 2.55 bits per heavy atom. The lowest BCUT2D eigenvalue weighted by Crippen LogP contribution is -2.47. The Bertz CT molecular complexity index is 1360. The Kier molecular flexibility index (Phi) is 8.09. The van der Waals surface area contributed by atoms with Crippen LogP contribution in [0.2, 0.25) is 0 Å². The molecule has 0 bridgehead atoms. The van der Waals surface area contributed by atoms with E-state index in [-0.39, 0.29) is 11.9 Å². The number of aliphatic hydroxyl groups is 1. The highest BCUT2D eigenvalue weighted by Crippen LogP contribution is 2.32. The van der Waals surface area contributed by atoms with Crippen molar-refractivity contribution in [3.63, 3.8) is 0 Å². The van der Waals surface area contributed by atoms with Crippen molar-refractivity contribution in [2.75, 3.05) is 18.4 Å². The quantitative estimate of drug-likeness (QED) is 0.314. The second-order valence-electron chi connectivity index (χ2n) is 9.90. The molecule has 5 rings (SSSR count). The van der Waals surface area contributed by atoms with Crippen LogP contribution in [0.4, 0.5) is 5.95 Å². The lowest BCUT2D eigenvalue weighted by molar-refractivity contribution is 0.0212. The Morgan fingerprint density at radius 1 is 1.03 bits per heavy atom. The van der Waals surface area contributed by atoms with Crippen LogP contribution in [0, 0.1) is 6.92 Å². The maximum absolute atomic E-state index is 14.0. The van der Waals surface area contributed by atoms with Crippen molar-refractivity contribution in [1.29, 1.82) is 0 Å². The summed E-state index contributed by atoms with van der Waals surface area (Å²) in [6.07, 6.45) is 4.36. The van der Waals surface area contributed by atoms with Crippen LogP contribution in [0.1, 0.15) is 52.4 Å². The Labute approximate surface area is 224 Å². The second-order valence-corrected chi connectivity index (χ2v) is 9.90. The molecule has 6 nitrogen and oxygen atoms in total. The summed E-state index contributed by atoms with van der Waals surface area (Å²) in [4.78, 5) is 25.2. The number of aromatic nitrogens is 2. The highest BCUT2D eigenvalue weighted by atomic mass is 16.3. The molecular formula is C32H34N4O2. The molecule has 4 aromatic rings. The smallest absolute Gasteiger partial charge is 0.258 e. The molecular weight excluding hydrogens is 472 g/mol. The molecule has 0 spiro atoms. The Balaban J connectivity index is 1.42. The van der Waals surface area contributed by atoms with Gasteiger partial charge in [-0.05, 0) is 43.7 Å². The lowest BCUT2D eigenvalue weighted by atomic mass is 9.91. The first-order valence-corrected chi connectivity index (χ1v) is 13.4. The first-order valence-electron chi connectivity index (χ1n) is 13.4. The molecule has 0 saturated carbocycles. The topological polar surface area (TPSA) is 78.3 Å². The maximum Gasteiger partial charge on any atom is 0.258 e. The molecule has 0 aliphatic carbocycles. The summed E-state index contributed by atoms with van der Waals surface area (Å²) in [5.41, 5.74) is 5.07. The van der Waals surface area contributed by atoms with Gasteiger partial charge in [-0.2, -0.15) is 0 Å². The van der Waals surface area contributed by atoms with Gasteiger partial charge in [0.1, 0.15) is 0 Å². The fraction of sp³-hybridized carbons (Fsp3) is 0.281. The standard InChI is InChI=1S/C32H34N4O2/c1-23-11-10-16-26(21-23)30(37)28-17-8-9-20-36(28)31(38)27-22-34-32(33-19-18-24-12-4-2-5-13-24)35-29(27)25-14-6-3-7-15-25/h2-7,10-16,21-22,28,30,37H,8-9,17-20H2,1H3,(H,33,34,35). The number of hydrogen-bond donors (Lipinski definition) is 2. The number of aliphatic hydroxyl groups excluding tert-OH is 1. The number of benzene rings is 3. The molecule has 6 heteroatoms. The van der Waals surface area contributed by atoms with Gasteiger partial charge in [0.15, 0.2) is 0 Å². The summed E-state index contributed by atoms with van der Waals surface area (Å²) in [6, 6.07) is 27.6. The molecule has 2 N–H and O–H groups in total. The Morgan fingerprint density at radius 2 is 1.79 bits per heavy atom. The van der Waals surface area contributed by atoms with Crippen molar-refractivity contribution in [2.45, 2.75) is 44.8 Å². The van der Waals surface area contributed by atoms with E-state index in [1.54, 1.807) is 6.20 Å². The van der Waals surface area contributed by atoms with Crippen molar-refractivity contribution in [1.82, 2.24) is 14.9 Å². The van der Waals surface area contributed by atoms with Gasteiger partial charge in [0, 0.05) is 24.8 Å². The zero-order valence-corrected chi connectivity index (χ0v) is 21.8. The molecule has 0 radical (unpaired) electrons.